The van der Waals surface area contributed by atoms with E-state index in [0.717, 1.165) is 51.4 Å². The molecule has 0 aliphatic carbocycles. The number of alkyl halides is 17. The zero-order valence-electron chi connectivity index (χ0n) is 24.4. The number of halogens is 17. The Morgan fingerprint density at radius 3 is 1.00 bits per heavy atom. The van der Waals surface area contributed by atoms with E-state index in [1.807, 2.05) is 0 Å². The van der Waals surface area contributed by atoms with Crippen molar-refractivity contribution in [3.8, 4) is 0 Å². The number of hydrogen-bond acceptors (Lipinski definition) is 1. The molecule has 0 rings (SSSR count). The van der Waals surface area contributed by atoms with E-state index in [0.29, 0.717) is 12.8 Å². The maximum atomic E-state index is 14.6. The highest BCUT2D eigenvalue weighted by Gasteiger charge is 2.83. The molecule has 0 spiro atoms. The fourth-order valence-corrected chi connectivity index (χ4v) is 4.37. The highest BCUT2D eigenvalue weighted by Crippen LogP contribution is 2.59. The Morgan fingerprint density at radius 1 is 0.422 bits per heavy atom. The lowest BCUT2D eigenvalue weighted by atomic mass is 9.91. The van der Waals surface area contributed by atoms with Gasteiger partial charge in [-0.1, -0.05) is 103 Å². The Hall–Kier alpha value is -1.65. The highest BCUT2D eigenvalue weighted by atomic mass is 19.4. The number of unbranched alkanes of at least 4 members (excludes halogenated alkanes) is 15. The van der Waals surface area contributed by atoms with E-state index >= 15 is 0 Å². The predicted octanol–water partition coefficient (Wildman–Crippen LogP) is 12.7. The molecule has 0 saturated carbocycles. The molecule has 0 heterocycles. The van der Waals surface area contributed by atoms with Gasteiger partial charge in [-0.25, -0.2) is 4.39 Å². The topological polar surface area (TPSA) is 9.23 Å². The normalized spacial score (nSPS) is 15.0. The predicted molar refractivity (Wildman–Crippen MR) is 130 cm³/mol. The quantitative estimate of drug-likeness (QED) is 0.0658. The molecule has 0 saturated heterocycles. The fraction of sp³-hybridized carbons (Fsp3) is 0.926. The SMILES string of the molecule is CCCCCCCCCCCCCCCCCCOC(=C(C(F)(F)F)C(F)(F)C(F)(F)C(F)(F)F)C(F)(C(F)(F)F)C(F)(F)F. The summed E-state index contributed by atoms with van der Waals surface area (Å²) in [5, 5.41) is 0. The van der Waals surface area contributed by atoms with Crippen molar-refractivity contribution in [3.63, 3.8) is 0 Å². The van der Waals surface area contributed by atoms with Gasteiger partial charge in [0.1, 0.15) is 0 Å². The highest BCUT2D eigenvalue weighted by molar-refractivity contribution is 5.35. The van der Waals surface area contributed by atoms with Crippen molar-refractivity contribution < 1.29 is 79.4 Å². The van der Waals surface area contributed by atoms with Crippen molar-refractivity contribution in [2.45, 2.75) is 152 Å². The first-order valence-electron chi connectivity index (χ1n) is 14.4. The van der Waals surface area contributed by atoms with Crippen molar-refractivity contribution in [2.75, 3.05) is 6.61 Å². The van der Waals surface area contributed by atoms with Crippen LogP contribution in [0.15, 0.2) is 11.3 Å². The standard InChI is InChI=1S/C27H37F17O/c1-2-3-4-5-6-7-8-9-10-11-12-13-14-15-16-17-18-45-20(21(28,25(36,37)38)26(39,40)41)19(23(31,32)33)22(29,30)24(34,35)27(42,43)44/h2-18H2,1H3. The summed E-state index contributed by atoms with van der Waals surface area (Å²) in [6.45, 7) is 0.338. The van der Waals surface area contributed by atoms with Crippen LogP contribution in [0.2, 0.25) is 0 Å². The molecule has 45 heavy (non-hydrogen) atoms. The van der Waals surface area contributed by atoms with E-state index in [1.165, 1.54) is 19.3 Å². The molecule has 0 N–H and O–H groups in total. The summed E-state index contributed by atoms with van der Waals surface area (Å²) in [6, 6.07) is 0. The lowest BCUT2D eigenvalue weighted by Gasteiger charge is -2.37. The molecule has 0 amide bonds. The number of ether oxygens (including phenoxy) is 1. The van der Waals surface area contributed by atoms with Crippen LogP contribution in [0.25, 0.3) is 0 Å². The van der Waals surface area contributed by atoms with E-state index < -0.39 is 66.6 Å². The Labute approximate surface area is 249 Å². The summed E-state index contributed by atoms with van der Waals surface area (Å²) >= 11 is 0. The fourth-order valence-electron chi connectivity index (χ4n) is 4.37. The molecule has 270 valence electrons. The van der Waals surface area contributed by atoms with Gasteiger partial charge in [-0.15, -0.1) is 0 Å². The minimum atomic E-state index is -7.90. The van der Waals surface area contributed by atoms with Crippen LogP contribution < -0.4 is 0 Å². The second-order valence-electron chi connectivity index (χ2n) is 10.7. The number of hydrogen-bond donors (Lipinski definition) is 0. The van der Waals surface area contributed by atoms with Gasteiger partial charge in [-0.05, 0) is 6.42 Å². The molecule has 1 nitrogen and oxygen atoms in total. The van der Waals surface area contributed by atoms with Crippen LogP contribution in [0, 0.1) is 0 Å². The third-order valence-electron chi connectivity index (χ3n) is 6.91. The first-order valence-corrected chi connectivity index (χ1v) is 14.4. The summed E-state index contributed by atoms with van der Waals surface area (Å²) in [5.41, 5.74) is -12.6. The van der Waals surface area contributed by atoms with Gasteiger partial charge in [0.2, 0.25) is 0 Å². The maximum absolute atomic E-state index is 14.6. The second-order valence-corrected chi connectivity index (χ2v) is 10.7. The monoisotopic (exact) mass is 700 g/mol. The Morgan fingerprint density at radius 2 is 0.733 bits per heavy atom. The summed E-state index contributed by atoms with van der Waals surface area (Å²) in [6.07, 6.45) is -18.5. The van der Waals surface area contributed by atoms with Crippen LogP contribution in [-0.4, -0.2) is 48.8 Å². The van der Waals surface area contributed by atoms with Crippen LogP contribution in [0.1, 0.15) is 110 Å². The van der Waals surface area contributed by atoms with Gasteiger partial charge >= 0.3 is 42.2 Å². The molecule has 0 bridgehead atoms. The van der Waals surface area contributed by atoms with Gasteiger partial charge in [-0.2, -0.15) is 70.2 Å². The van der Waals surface area contributed by atoms with Gasteiger partial charge in [0, 0.05) is 0 Å². The van der Waals surface area contributed by atoms with E-state index in [9.17, 15) is 74.6 Å². The lowest BCUT2D eigenvalue weighted by Crippen LogP contribution is -2.60. The van der Waals surface area contributed by atoms with Crippen LogP contribution >= 0.6 is 0 Å². The third kappa shape index (κ3) is 12.1. The summed E-state index contributed by atoms with van der Waals surface area (Å²) < 4.78 is 230. The largest absolute Gasteiger partial charge is 0.493 e. The van der Waals surface area contributed by atoms with E-state index in [4.69, 9.17) is 0 Å². The van der Waals surface area contributed by atoms with Gasteiger partial charge in [0.15, 0.2) is 11.3 Å². The number of allylic oxidation sites excluding steroid dienone is 2. The first-order chi connectivity index (χ1) is 20.3. The van der Waals surface area contributed by atoms with Crippen LogP contribution in [-0.2, 0) is 4.74 Å². The van der Waals surface area contributed by atoms with Gasteiger partial charge in [0.25, 0.3) is 0 Å². The molecule has 18 heteroatoms. The smallest absolute Gasteiger partial charge is 0.460 e. The molecule has 0 aromatic carbocycles. The molecule has 0 aromatic heterocycles. The average Bonchev–Trinajstić information content (AvgIpc) is 2.86. The molecule has 0 unspecified atom stereocenters. The van der Waals surface area contributed by atoms with Gasteiger partial charge in [-0.3, -0.25) is 0 Å². The zero-order valence-corrected chi connectivity index (χ0v) is 24.4. The molecular formula is C27H37F17O. The van der Waals surface area contributed by atoms with Crippen molar-refractivity contribution in [3.05, 3.63) is 11.3 Å². The Balaban J connectivity index is 5.55. The summed E-state index contributed by atoms with van der Waals surface area (Å²) in [7, 11) is 0. The summed E-state index contributed by atoms with van der Waals surface area (Å²) in [4.78, 5) is 0. The van der Waals surface area contributed by atoms with E-state index in [-0.39, 0.29) is 12.8 Å². The second kappa shape index (κ2) is 17.5. The molecule has 0 aromatic rings. The zero-order chi connectivity index (χ0) is 35.4. The third-order valence-corrected chi connectivity index (χ3v) is 6.91. The van der Waals surface area contributed by atoms with E-state index in [1.54, 1.807) is 0 Å². The molecule has 0 radical (unpaired) electrons. The Kier molecular flexibility index (Phi) is 16.8. The minimum Gasteiger partial charge on any atom is -0.493 e. The summed E-state index contributed by atoms with van der Waals surface area (Å²) in [5.74, 6) is -20.3. The average molecular weight is 701 g/mol. The van der Waals surface area contributed by atoms with Crippen LogP contribution in [0.4, 0.5) is 74.6 Å². The van der Waals surface area contributed by atoms with Gasteiger partial charge < -0.3 is 4.74 Å². The van der Waals surface area contributed by atoms with Crippen molar-refractivity contribution in [1.29, 1.82) is 0 Å². The molecule has 0 fully saturated rings. The molecule has 0 atom stereocenters. The van der Waals surface area contributed by atoms with Crippen molar-refractivity contribution >= 4 is 0 Å². The first kappa shape index (κ1) is 43.4. The molecular weight excluding hydrogens is 663 g/mol. The minimum absolute atomic E-state index is 0.161. The lowest BCUT2D eigenvalue weighted by molar-refractivity contribution is -0.356. The molecule has 0 aliphatic heterocycles. The Bertz CT molecular complexity index is 852. The number of rotatable bonds is 21. The van der Waals surface area contributed by atoms with Crippen LogP contribution in [0.3, 0.4) is 0 Å². The van der Waals surface area contributed by atoms with E-state index in [2.05, 4.69) is 11.7 Å². The van der Waals surface area contributed by atoms with Crippen LogP contribution in [0.5, 0.6) is 0 Å². The van der Waals surface area contributed by atoms with Crippen molar-refractivity contribution in [1.82, 2.24) is 0 Å². The molecule has 0 aliphatic rings. The van der Waals surface area contributed by atoms with Crippen molar-refractivity contribution in [2.24, 2.45) is 0 Å². The maximum Gasteiger partial charge on any atom is 0.460 e. The van der Waals surface area contributed by atoms with Gasteiger partial charge in [0.05, 0.1) is 6.61 Å².